The summed E-state index contributed by atoms with van der Waals surface area (Å²) in [6.45, 7) is 0.561. The number of amides is 2. The van der Waals surface area contributed by atoms with E-state index in [9.17, 15) is 9.59 Å². The number of rotatable bonds is 2. The van der Waals surface area contributed by atoms with E-state index in [4.69, 9.17) is 4.74 Å². The van der Waals surface area contributed by atoms with Crippen LogP contribution in [0.3, 0.4) is 0 Å². The molecule has 3 heterocycles. The summed E-state index contributed by atoms with van der Waals surface area (Å²) in [5.41, 5.74) is 0. The largest absolute Gasteiger partial charge is 0.373 e. The van der Waals surface area contributed by atoms with E-state index >= 15 is 0 Å². The molecule has 5 nitrogen and oxygen atoms in total. The maximum absolute atomic E-state index is 12.7. The predicted molar refractivity (Wildman–Crippen MR) is 67.3 cm³/mol. The van der Waals surface area contributed by atoms with E-state index in [1.54, 1.807) is 0 Å². The zero-order chi connectivity index (χ0) is 13.0. The quantitative estimate of drug-likeness (QED) is 0.787. The Kier molecular flexibility index (Phi) is 2.59. The summed E-state index contributed by atoms with van der Waals surface area (Å²) in [5.74, 6) is 0.530. The van der Waals surface area contributed by atoms with E-state index in [1.807, 2.05) is 4.90 Å². The lowest BCUT2D eigenvalue weighted by molar-refractivity contribution is -0.137. The van der Waals surface area contributed by atoms with Crippen LogP contribution in [-0.4, -0.2) is 47.6 Å². The molecule has 1 saturated carbocycles. The summed E-state index contributed by atoms with van der Waals surface area (Å²) < 4.78 is 5.87. The SMILES string of the molecule is O=C1CCN(C2CC3CCC2O3)C(=O)C(C2CC2)N1. The van der Waals surface area contributed by atoms with E-state index < -0.39 is 0 Å². The number of carbonyl (C=O) groups is 2. The van der Waals surface area contributed by atoms with Crippen LogP contribution in [0, 0.1) is 5.92 Å². The molecule has 4 aliphatic rings. The van der Waals surface area contributed by atoms with Gasteiger partial charge in [0.25, 0.3) is 0 Å². The minimum Gasteiger partial charge on any atom is -0.373 e. The summed E-state index contributed by atoms with van der Waals surface area (Å²) in [5, 5.41) is 2.92. The second-order valence-electron chi connectivity index (χ2n) is 6.34. The van der Waals surface area contributed by atoms with Gasteiger partial charge in [-0.1, -0.05) is 0 Å². The highest BCUT2D eigenvalue weighted by Gasteiger charge is 2.48. The zero-order valence-corrected chi connectivity index (χ0v) is 11.0. The number of carbonyl (C=O) groups excluding carboxylic acids is 2. The first-order chi connectivity index (χ1) is 9.22. The molecule has 1 N–H and O–H groups in total. The van der Waals surface area contributed by atoms with Gasteiger partial charge in [-0.3, -0.25) is 9.59 Å². The monoisotopic (exact) mass is 264 g/mol. The Morgan fingerprint density at radius 1 is 1.16 bits per heavy atom. The van der Waals surface area contributed by atoms with E-state index in [0.29, 0.717) is 25.0 Å². The molecule has 104 valence electrons. The van der Waals surface area contributed by atoms with Crippen molar-refractivity contribution in [2.24, 2.45) is 5.92 Å². The summed E-state index contributed by atoms with van der Waals surface area (Å²) in [6, 6.07) is -0.0608. The summed E-state index contributed by atoms with van der Waals surface area (Å²) in [6.07, 6.45) is 6.28. The molecule has 0 aromatic carbocycles. The van der Waals surface area contributed by atoms with Gasteiger partial charge >= 0.3 is 0 Å². The molecule has 4 unspecified atom stereocenters. The Morgan fingerprint density at radius 3 is 2.63 bits per heavy atom. The highest BCUT2D eigenvalue weighted by Crippen LogP contribution is 2.39. The van der Waals surface area contributed by atoms with Gasteiger partial charge < -0.3 is 15.0 Å². The first kappa shape index (κ1) is 11.7. The fourth-order valence-corrected chi connectivity index (χ4v) is 3.84. The third-order valence-electron chi connectivity index (χ3n) is 5.01. The van der Waals surface area contributed by atoms with Gasteiger partial charge in [-0.25, -0.2) is 0 Å². The molecule has 0 radical (unpaired) electrons. The van der Waals surface area contributed by atoms with Gasteiger partial charge in [0.1, 0.15) is 6.04 Å². The molecular formula is C14H20N2O3. The summed E-state index contributed by atoms with van der Waals surface area (Å²) in [7, 11) is 0. The Morgan fingerprint density at radius 2 is 2.00 bits per heavy atom. The first-order valence-corrected chi connectivity index (χ1v) is 7.47. The number of fused-ring (bicyclic) bond motifs is 2. The zero-order valence-electron chi connectivity index (χ0n) is 11.0. The van der Waals surface area contributed by atoms with Gasteiger partial charge in [0.05, 0.1) is 18.2 Å². The molecule has 2 amide bonds. The van der Waals surface area contributed by atoms with E-state index in [2.05, 4.69) is 5.32 Å². The van der Waals surface area contributed by atoms with Gasteiger partial charge in [0.15, 0.2) is 0 Å². The second-order valence-corrected chi connectivity index (χ2v) is 6.34. The summed E-state index contributed by atoms with van der Waals surface area (Å²) in [4.78, 5) is 26.4. The molecule has 2 bridgehead atoms. The molecule has 0 aromatic rings. The van der Waals surface area contributed by atoms with Crippen molar-refractivity contribution in [1.82, 2.24) is 10.2 Å². The van der Waals surface area contributed by atoms with Crippen LogP contribution < -0.4 is 5.32 Å². The van der Waals surface area contributed by atoms with E-state index in [1.165, 1.54) is 0 Å². The predicted octanol–water partition coefficient (Wildman–Crippen LogP) is 0.433. The van der Waals surface area contributed by atoms with Crippen molar-refractivity contribution >= 4 is 11.8 Å². The van der Waals surface area contributed by atoms with Crippen molar-refractivity contribution < 1.29 is 14.3 Å². The van der Waals surface area contributed by atoms with Crippen LogP contribution in [0.15, 0.2) is 0 Å². The molecule has 0 spiro atoms. The van der Waals surface area contributed by atoms with E-state index in [-0.39, 0.29) is 30.0 Å². The Labute approximate surface area is 112 Å². The Balaban J connectivity index is 1.56. The van der Waals surface area contributed by atoms with Crippen LogP contribution in [0.5, 0.6) is 0 Å². The van der Waals surface area contributed by atoms with Crippen LogP contribution in [0.25, 0.3) is 0 Å². The Bertz CT molecular complexity index is 421. The molecule has 0 aromatic heterocycles. The lowest BCUT2D eigenvalue weighted by Crippen LogP contribution is -2.52. The standard InChI is InChI=1S/C14H20N2O3/c17-12-5-6-16(10-7-9-3-4-11(10)19-9)14(18)13(15-12)8-1-2-8/h8-11,13H,1-7H2,(H,15,17). The number of hydrogen-bond acceptors (Lipinski definition) is 3. The van der Waals surface area contributed by atoms with Crippen molar-refractivity contribution in [1.29, 1.82) is 0 Å². The van der Waals surface area contributed by atoms with Crippen molar-refractivity contribution in [3.8, 4) is 0 Å². The molecule has 4 atom stereocenters. The highest BCUT2D eigenvalue weighted by molar-refractivity contribution is 5.90. The fraction of sp³-hybridized carbons (Fsp3) is 0.857. The van der Waals surface area contributed by atoms with Gasteiger partial charge in [-0.15, -0.1) is 0 Å². The van der Waals surface area contributed by atoms with Gasteiger partial charge in [0, 0.05) is 13.0 Å². The van der Waals surface area contributed by atoms with Crippen molar-refractivity contribution in [2.45, 2.75) is 62.8 Å². The smallest absolute Gasteiger partial charge is 0.245 e. The minimum atomic E-state index is -0.269. The number of nitrogens with zero attached hydrogens (tertiary/aromatic N) is 1. The van der Waals surface area contributed by atoms with Crippen LogP contribution in [-0.2, 0) is 14.3 Å². The molecule has 4 fully saturated rings. The topological polar surface area (TPSA) is 58.6 Å². The minimum absolute atomic E-state index is 0.0248. The average Bonchev–Trinajstić information content (AvgIpc) is 3.06. The number of nitrogens with one attached hydrogen (secondary N) is 1. The lowest BCUT2D eigenvalue weighted by atomic mass is 9.93. The maximum atomic E-state index is 12.7. The van der Waals surface area contributed by atoms with Crippen LogP contribution in [0.1, 0.15) is 38.5 Å². The van der Waals surface area contributed by atoms with Gasteiger partial charge in [-0.2, -0.15) is 0 Å². The number of hydrogen-bond donors (Lipinski definition) is 1. The lowest BCUT2D eigenvalue weighted by Gasteiger charge is -2.33. The molecule has 19 heavy (non-hydrogen) atoms. The summed E-state index contributed by atoms with van der Waals surface area (Å²) >= 11 is 0. The van der Waals surface area contributed by atoms with Gasteiger partial charge in [-0.05, 0) is 38.0 Å². The van der Waals surface area contributed by atoms with Crippen LogP contribution >= 0.6 is 0 Å². The molecular weight excluding hydrogens is 244 g/mol. The fourth-order valence-electron chi connectivity index (χ4n) is 3.84. The molecule has 5 heteroatoms. The molecule has 4 rings (SSSR count). The highest BCUT2D eigenvalue weighted by atomic mass is 16.5. The molecule has 3 saturated heterocycles. The maximum Gasteiger partial charge on any atom is 0.245 e. The van der Waals surface area contributed by atoms with Crippen LogP contribution in [0.2, 0.25) is 0 Å². The molecule has 3 aliphatic heterocycles. The number of ether oxygens (including phenoxy) is 1. The average molecular weight is 264 g/mol. The van der Waals surface area contributed by atoms with Crippen molar-refractivity contribution in [2.75, 3.05) is 6.54 Å². The Hall–Kier alpha value is -1.10. The first-order valence-electron chi connectivity index (χ1n) is 7.47. The third kappa shape index (κ3) is 1.95. The van der Waals surface area contributed by atoms with Crippen molar-refractivity contribution in [3.05, 3.63) is 0 Å². The second kappa shape index (κ2) is 4.20. The normalized spacial score (nSPS) is 42.4. The van der Waals surface area contributed by atoms with E-state index in [0.717, 1.165) is 32.1 Å². The van der Waals surface area contributed by atoms with Gasteiger partial charge in [0.2, 0.25) is 11.8 Å². The van der Waals surface area contributed by atoms with Crippen molar-refractivity contribution in [3.63, 3.8) is 0 Å². The third-order valence-corrected chi connectivity index (χ3v) is 5.01. The molecule has 1 aliphatic carbocycles. The van der Waals surface area contributed by atoms with Crippen LogP contribution in [0.4, 0.5) is 0 Å².